The van der Waals surface area contributed by atoms with Crippen LogP contribution in [0.5, 0.6) is 0 Å². The van der Waals surface area contributed by atoms with E-state index in [1.54, 1.807) is 0 Å². The highest BCUT2D eigenvalue weighted by Gasteiger charge is 2.06. The Morgan fingerprint density at radius 2 is 1.76 bits per heavy atom. The van der Waals surface area contributed by atoms with E-state index in [0.29, 0.717) is 6.42 Å². The maximum absolute atomic E-state index is 9.96. The van der Waals surface area contributed by atoms with E-state index in [1.165, 1.54) is 0 Å². The van der Waals surface area contributed by atoms with Crippen LogP contribution < -0.4 is 5.73 Å². The molecule has 1 atom stereocenters. The van der Waals surface area contributed by atoms with Crippen molar-refractivity contribution in [3.8, 4) is 0 Å². The van der Waals surface area contributed by atoms with E-state index in [0.717, 1.165) is 43.4 Å². The predicted molar refractivity (Wildman–Crippen MR) is 69.7 cm³/mol. The third kappa shape index (κ3) is 5.31. The molecule has 3 heteroatoms. The van der Waals surface area contributed by atoms with Gasteiger partial charge in [0.05, 0.1) is 6.10 Å². The van der Waals surface area contributed by atoms with Gasteiger partial charge in [-0.2, -0.15) is 0 Å². The van der Waals surface area contributed by atoms with Crippen LogP contribution in [-0.2, 0) is 6.42 Å². The zero-order valence-corrected chi connectivity index (χ0v) is 10.3. The maximum atomic E-state index is 9.96. The normalized spacial score (nSPS) is 12.6. The van der Waals surface area contributed by atoms with Gasteiger partial charge in [-0.25, -0.2) is 0 Å². The molecule has 0 saturated heterocycles. The fourth-order valence-corrected chi connectivity index (χ4v) is 1.86. The molecule has 0 radical (unpaired) electrons. The van der Waals surface area contributed by atoms with Crippen LogP contribution in [0.15, 0.2) is 24.3 Å². The maximum Gasteiger partial charge on any atom is 0.0790 e. The zero-order valence-electron chi connectivity index (χ0n) is 10.3. The lowest BCUT2D eigenvalue weighted by Gasteiger charge is -2.11. The number of unbranched alkanes of at least 4 members (excludes halogenated alkanes) is 2. The summed E-state index contributed by atoms with van der Waals surface area (Å²) < 4.78 is 0. The largest absolute Gasteiger partial charge is 0.396 e. The van der Waals surface area contributed by atoms with Gasteiger partial charge in [-0.3, -0.25) is 0 Å². The van der Waals surface area contributed by atoms with E-state index in [2.05, 4.69) is 0 Å². The summed E-state index contributed by atoms with van der Waals surface area (Å²) in [5.74, 6) is 0. The van der Waals surface area contributed by atoms with Crippen molar-refractivity contribution in [2.75, 3.05) is 13.2 Å². The van der Waals surface area contributed by atoms with Crippen molar-refractivity contribution in [1.29, 1.82) is 0 Å². The number of nitrogens with two attached hydrogens (primary N) is 1. The quantitative estimate of drug-likeness (QED) is 0.604. The van der Waals surface area contributed by atoms with Gasteiger partial charge in [0.15, 0.2) is 0 Å². The summed E-state index contributed by atoms with van der Waals surface area (Å²) in [7, 11) is 0. The Labute approximate surface area is 103 Å². The molecule has 1 unspecified atom stereocenters. The van der Waals surface area contributed by atoms with E-state index < -0.39 is 0 Å². The summed E-state index contributed by atoms with van der Waals surface area (Å²) in [5, 5.41) is 18.8. The summed E-state index contributed by atoms with van der Waals surface area (Å²) in [4.78, 5) is 0. The van der Waals surface area contributed by atoms with Crippen LogP contribution in [0.3, 0.4) is 0 Å². The average molecular weight is 237 g/mol. The van der Waals surface area contributed by atoms with Crippen molar-refractivity contribution in [1.82, 2.24) is 0 Å². The van der Waals surface area contributed by atoms with Crippen molar-refractivity contribution in [3.63, 3.8) is 0 Å². The van der Waals surface area contributed by atoms with Crippen LogP contribution in [0.4, 0.5) is 0 Å². The zero-order chi connectivity index (χ0) is 12.5. The molecule has 0 heterocycles. The molecule has 0 spiro atoms. The second kappa shape index (κ2) is 8.23. The molecule has 4 N–H and O–H groups in total. The van der Waals surface area contributed by atoms with Gasteiger partial charge in [0.2, 0.25) is 0 Å². The topological polar surface area (TPSA) is 66.5 Å². The molecular formula is C14H23NO2. The van der Waals surface area contributed by atoms with Crippen LogP contribution >= 0.6 is 0 Å². The molecule has 1 aromatic carbocycles. The summed E-state index contributed by atoms with van der Waals surface area (Å²) >= 11 is 0. The lowest BCUT2D eigenvalue weighted by atomic mass is 10.0. The molecule has 0 fully saturated rings. The molecule has 17 heavy (non-hydrogen) atoms. The Kier molecular flexibility index (Phi) is 6.86. The Bertz CT molecular complexity index is 298. The average Bonchev–Trinajstić information content (AvgIpc) is 2.36. The first-order valence-electron chi connectivity index (χ1n) is 6.35. The van der Waals surface area contributed by atoms with E-state index in [4.69, 9.17) is 10.8 Å². The molecule has 0 aromatic heterocycles. The molecule has 1 aromatic rings. The van der Waals surface area contributed by atoms with Gasteiger partial charge in [0.1, 0.15) is 0 Å². The summed E-state index contributed by atoms with van der Waals surface area (Å²) in [5.41, 5.74) is 7.48. The molecule has 0 bridgehead atoms. The third-order valence-electron chi connectivity index (χ3n) is 2.95. The molecule has 1 rings (SSSR count). The SMILES string of the molecule is NCCCCCC(O)c1ccc(CCO)cc1. The third-order valence-corrected chi connectivity index (χ3v) is 2.95. The molecule has 0 saturated carbocycles. The minimum atomic E-state index is -0.379. The lowest BCUT2D eigenvalue weighted by Crippen LogP contribution is -2.01. The van der Waals surface area contributed by atoms with Crippen molar-refractivity contribution in [2.24, 2.45) is 5.73 Å². The molecule has 0 aliphatic rings. The number of hydrogen-bond acceptors (Lipinski definition) is 3. The van der Waals surface area contributed by atoms with Gasteiger partial charge in [0, 0.05) is 6.61 Å². The fourth-order valence-electron chi connectivity index (χ4n) is 1.86. The second-order valence-corrected chi connectivity index (χ2v) is 4.37. The highest BCUT2D eigenvalue weighted by atomic mass is 16.3. The molecule has 96 valence electrons. The van der Waals surface area contributed by atoms with Crippen molar-refractivity contribution < 1.29 is 10.2 Å². The first kappa shape index (κ1) is 14.2. The highest BCUT2D eigenvalue weighted by molar-refractivity contribution is 5.24. The summed E-state index contributed by atoms with van der Waals surface area (Å²) in [6.07, 6.45) is 4.21. The van der Waals surface area contributed by atoms with Crippen molar-refractivity contribution in [2.45, 2.75) is 38.2 Å². The Hall–Kier alpha value is -0.900. The fraction of sp³-hybridized carbons (Fsp3) is 0.571. The Balaban J connectivity index is 2.37. The number of hydrogen-bond donors (Lipinski definition) is 3. The number of rotatable bonds is 8. The second-order valence-electron chi connectivity index (χ2n) is 4.37. The first-order chi connectivity index (χ1) is 8.27. The van der Waals surface area contributed by atoms with Gasteiger partial charge in [-0.15, -0.1) is 0 Å². The van der Waals surface area contributed by atoms with Gasteiger partial charge in [-0.1, -0.05) is 37.1 Å². The molecule has 0 amide bonds. The monoisotopic (exact) mass is 237 g/mol. The van der Waals surface area contributed by atoms with Crippen molar-refractivity contribution >= 4 is 0 Å². The molecule has 3 nitrogen and oxygen atoms in total. The highest BCUT2D eigenvalue weighted by Crippen LogP contribution is 2.20. The number of aliphatic hydroxyl groups is 2. The summed E-state index contributed by atoms with van der Waals surface area (Å²) in [6, 6.07) is 7.82. The molecular weight excluding hydrogens is 214 g/mol. The summed E-state index contributed by atoms with van der Waals surface area (Å²) in [6.45, 7) is 0.896. The van der Waals surface area contributed by atoms with E-state index in [1.807, 2.05) is 24.3 Å². The van der Waals surface area contributed by atoms with Crippen LogP contribution in [0.25, 0.3) is 0 Å². The molecule has 0 aliphatic carbocycles. The predicted octanol–water partition coefficient (Wildman–Crippen LogP) is 1.77. The smallest absolute Gasteiger partial charge is 0.0790 e. The lowest BCUT2D eigenvalue weighted by molar-refractivity contribution is 0.163. The van der Waals surface area contributed by atoms with Gasteiger partial charge >= 0.3 is 0 Å². The van der Waals surface area contributed by atoms with Gasteiger partial charge < -0.3 is 15.9 Å². The first-order valence-corrected chi connectivity index (χ1v) is 6.35. The Morgan fingerprint density at radius 3 is 2.35 bits per heavy atom. The Morgan fingerprint density at radius 1 is 1.06 bits per heavy atom. The van der Waals surface area contributed by atoms with E-state index in [-0.39, 0.29) is 12.7 Å². The van der Waals surface area contributed by atoms with Gasteiger partial charge in [0.25, 0.3) is 0 Å². The minimum absolute atomic E-state index is 0.168. The van der Waals surface area contributed by atoms with E-state index in [9.17, 15) is 5.11 Å². The minimum Gasteiger partial charge on any atom is -0.396 e. The van der Waals surface area contributed by atoms with Crippen LogP contribution in [0.1, 0.15) is 42.9 Å². The van der Waals surface area contributed by atoms with Crippen LogP contribution in [0.2, 0.25) is 0 Å². The standard InChI is InChI=1S/C14H23NO2/c15-10-3-1-2-4-14(17)13-7-5-12(6-8-13)9-11-16/h5-8,14,16-17H,1-4,9-11,15H2. The molecule has 0 aliphatic heterocycles. The number of aliphatic hydroxyl groups excluding tert-OH is 2. The van der Waals surface area contributed by atoms with E-state index >= 15 is 0 Å². The number of benzene rings is 1. The van der Waals surface area contributed by atoms with Crippen molar-refractivity contribution in [3.05, 3.63) is 35.4 Å². The van der Waals surface area contributed by atoms with Crippen LogP contribution in [0, 0.1) is 0 Å². The van der Waals surface area contributed by atoms with Gasteiger partial charge in [-0.05, 0) is 36.9 Å². The van der Waals surface area contributed by atoms with Crippen LogP contribution in [-0.4, -0.2) is 23.4 Å².